The van der Waals surface area contributed by atoms with Gasteiger partial charge in [-0.3, -0.25) is 4.79 Å². The summed E-state index contributed by atoms with van der Waals surface area (Å²) >= 11 is 0. The summed E-state index contributed by atoms with van der Waals surface area (Å²) in [5.41, 5.74) is 2.47. The molecule has 1 aliphatic heterocycles. The van der Waals surface area contributed by atoms with E-state index in [0.717, 1.165) is 49.9 Å². The third kappa shape index (κ3) is 3.65. The van der Waals surface area contributed by atoms with E-state index < -0.39 is 5.60 Å². The second-order valence-corrected chi connectivity index (χ2v) is 18.4. The Hall–Kier alpha value is -1.31. The summed E-state index contributed by atoms with van der Waals surface area (Å²) in [5.74, 6) is 4.54. The smallest absolute Gasteiger partial charge is 0.176 e. The molecule has 6 aliphatic carbocycles. The Balaban J connectivity index is 1.20. The molecule has 2 nitrogen and oxygen atoms in total. The third-order valence-corrected chi connectivity index (χ3v) is 16.6. The molecule has 1 heterocycles. The van der Waals surface area contributed by atoms with Crippen LogP contribution in [0.3, 0.4) is 0 Å². The van der Waals surface area contributed by atoms with Crippen molar-refractivity contribution in [3.63, 3.8) is 0 Å². The van der Waals surface area contributed by atoms with E-state index in [0.29, 0.717) is 34.4 Å². The number of carbonyl (C=O) groups is 1. The molecule has 11 atom stereocenters. The number of ketones is 1. The number of ether oxygens (including phenoxy) is 1. The predicted octanol–water partition coefficient (Wildman–Crippen LogP) is 10.8. The Bertz CT molecular complexity index is 1230. The number of fused-ring (bicyclic) bond motifs is 8. The van der Waals surface area contributed by atoms with Crippen molar-refractivity contribution in [2.75, 3.05) is 0 Å². The maximum Gasteiger partial charge on any atom is 0.176 e. The summed E-state index contributed by atoms with van der Waals surface area (Å²) in [6.07, 6.45) is 23.2. The van der Waals surface area contributed by atoms with Crippen molar-refractivity contribution < 1.29 is 9.53 Å². The standard InChI is InChI=1S/C40H60O2/c1-9-34(3)21-23-36(5)27(25-34)15-18-38(7)29-17-20-40(42-30(29)11-12-31(36)38)33(41)14-13-32-37(6)24-22-35(4,10-2)26-28(37)16-19-39(32,40)8/h9-10,27-28,31-32H,1-2,11-26H2,3-8H3/t27-,28-,31+,32+,34-,35-,36-,37-,38+,39-,40+/m0/s1. The lowest BCUT2D eigenvalue weighted by Gasteiger charge is -2.68. The number of rotatable bonds is 2. The second kappa shape index (κ2) is 9.13. The molecular weight excluding hydrogens is 512 g/mol. The summed E-state index contributed by atoms with van der Waals surface area (Å²) in [6, 6.07) is 0. The van der Waals surface area contributed by atoms with Gasteiger partial charge in [0.25, 0.3) is 0 Å². The molecule has 1 spiro atoms. The zero-order valence-corrected chi connectivity index (χ0v) is 28.0. The van der Waals surface area contributed by atoms with Crippen molar-refractivity contribution in [2.24, 2.45) is 56.2 Å². The first-order chi connectivity index (χ1) is 19.7. The lowest BCUT2D eigenvalue weighted by molar-refractivity contribution is -0.223. The fraction of sp³-hybridized carbons (Fsp3) is 0.825. The molecule has 42 heavy (non-hydrogen) atoms. The van der Waals surface area contributed by atoms with E-state index in [-0.39, 0.29) is 16.2 Å². The minimum absolute atomic E-state index is 0.0616. The highest BCUT2D eigenvalue weighted by Crippen LogP contribution is 2.72. The lowest BCUT2D eigenvalue weighted by atomic mass is 9.39. The molecule has 0 aromatic rings. The molecule has 7 rings (SSSR count). The van der Waals surface area contributed by atoms with Gasteiger partial charge in [0.15, 0.2) is 11.4 Å². The van der Waals surface area contributed by atoms with Crippen LogP contribution in [0.15, 0.2) is 36.6 Å². The zero-order valence-electron chi connectivity index (χ0n) is 28.0. The van der Waals surface area contributed by atoms with Gasteiger partial charge in [0.05, 0.1) is 5.76 Å². The van der Waals surface area contributed by atoms with E-state index in [1.54, 1.807) is 5.57 Å². The van der Waals surface area contributed by atoms with Gasteiger partial charge in [0.2, 0.25) is 0 Å². The minimum Gasteiger partial charge on any atom is -0.483 e. The summed E-state index contributed by atoms with van der Waals surface area (Å²) in [4.78, 5) is 14.2. The maximum absolute atomic E-state index is 14.2. The maximum atomic E-state index is 14.2. The quantitative estimate of drug-likeness (QED) is 0.308. The van der Waals surface area contributed by atoms with Crippen LogP contribution < -0.4 is 0 Å². The molecule has 7 aliphatic rings. The number of allylic oxidation sites excluding steroid dienone is 4. The van der Waals surface area contributed by atoms with Gasteiger partial charge in [0, 0.05) is 18.3 Å². The van der Waals surface area contributed by atoms with Crippen LogP contribution in [0.25, 0.3) is 0 Å². The van der Waals surface area contributed by atoms with Crippen LogP contribution in [0.4, 0.5) is 0 Å². The van der Waals surface area contributed by atoms with E-state index in [1.807, 2.05) is 0 Å². The van der Waals surface area contributed by atoms with Gasteiger partial charge in [-0.25, -0.2) is 0 Å². The molecule has 2 heteroatoms. The number of hydrogen-bond acceptors (Lipinski definition) is 2. The molecule has 0 aromatic heterocycles. The largest absolute Gasteiger partial charge is 0.483 e. The van der Waals surface area contributed by atoms with Crippen LogP contribution in [-0.2, 0) is 9.53 Å². The SMILES string of the molecule is C=C[C@@]1(C)CC[C@@]2(C)[C@@H](CC[C@@]3(C)[C@@H]2CCC(=O)[C@]32CCC3=C(CC[C@@H]4[C@@]5(C)CC[C@](C)(C=C)C[C@@H]5CC[C@]34C)O2)C1. The van der Waals surface area contributed by atoms with Crippen LogP contribution >= 0.6 is 0 Å². The normalized spacial score (nSPS) is 55.3. The molecule has 0 N–H and O–H groups in total. The number of carbonyl (C=O) groups excluding carboxylic acids is 1. The van der Waals surface area contributed by atoms with Gasteiger partial charge >= 0.3 is 0 Å². The van der Waals surface area contributed by atoms with Crippen molar-refractivity contribution >= 4 is 5.78 Å². The summed E-state index contributed by atoms with van der Waals surface area (Å²) in [6.45, 7) is 23.7. The Labute approximate surface area is 257 Å². The highest BCUT2D eigenvalue weighted by molar-refractivity contribution is 5.90. The third-order valence-electron chi connectivity index (χ3n) is 16.6. The van der Waals surface area contributed by atoms with E-state index in [4.69, 9.17) is 4.74 Å². The zero-order chi connectivity index (χ0) is 30.0. The Kier molecular flexibility index (Phi) is 6.39. The van der Waals surface area contributed by atoms with Crippen LogP contribution in [0.1, 0.15) is 144 Å². The predicted molar refractivity (Wildman–Crippen MR) is 173 cm³/mol. The highest BCUT2D eigenvalue weighted by Gasteiger charge is 2.70. The van der Waals surface area contributed by atoms with Gasteiger partial charge in [-0.1, -0.05) is 53.7 Å². The van der Waals surface area contributed by atoms with Gasteiger partial charge in [-0.15, -0.1) is 13.2 Å². The van der Waals surface area contributed by atoms with Crippen molar-refractivity contribution in [2.45, 2.75) is 150 Å². The Morgan fingerprint density at radius 2 is 1.24 bits per heavy atom. The van der Waals surface area contributed by atoms with Crippen LogP contribution in [-0.4, -0.2) is 11.4 Å². The second-order valence-electron chi connectivity index (χ2n) is 18.4. The average molecular weight is 573 g/mol. The topological polar surface area (TPSA) is 26.3 Å². The molecule has 0 radical (unpaired) electrons. The fourth-order valence-electron chi connectivity index (χ4n) is 13.6. The first-order valence-corrected chi connectivity index (χ1v) is 17.9. The van der Waals surface area contributed by atoms with Gasteiger partial charge in [-0.2, -0.15) is 0 Å². The van der Waals surface area contributed by atoms with Gasteiger partial charge < -0.3 is 4.74 Å². The lowest BCUT2D eigenvalue weighted by Crippen LogP contribution is -2.68. The van der Waals surface area contributed by atoms with Crippen molar-refractivity contribution in [3.8, 4) is 0 Å². The fourth-order valence-corrected chi connectivity index (χ4v) is 13.6. The monoisotopic (exact) mass is 572 g/mol. The summed E-state index contributed by atoms with van der Waals surface area (Å²) in [7, 11) is 0. The van der Waals surface area contributed by atoms with Crippen LogP contribution in [0.5, 0.6) is 0 Å². The summed E-state index contributed by atoms with van der Waals surface area (Å²) in [5, 5.41) is 0. The molecule has 0 amide bonds. The molecular formula is C40H60O2. The average Bonchev–Trinajstić information content (AvgIpc) is 2.97. The van der Waals surface area contributed by atoms with E-state index in [9.17, 15) is 4.79 Å². The van der Waals surface area contributed by atoms with Gasteiger partial charge in [-0.05, 0) is 146 Å². The molecule has 232 valence electrons. The summed E-state index contributed by atoms with van der Waals surface area (Å²) < 4.78 is 7.42. The molecule has 0 aromatic carbocycles. The molecule has 0 unspecified atom stereocenters. The van der Waals surface area contributed by atoms with Gasteiger partial charge in [0.1, 0.15) is 0 Å². The van der Waals surface area contributed by atoms with Crippen molar-refractivity contribution in [1.82, 2.24) is 0 Å². The van der Waals surface area contributed by atoms with E-state index in [1.165, 1.54) is 70.0 Å². The number of Topliss-reactive ketones (excluding diaryl/α,β-unsaturated/α-hetero) is 1. The molecule has 5 saturated carbocycles. The Morgan fingerprint density at radius 3 is 1.86 bits per heavy atom. The molecule has 0 bridgehead atoms. The van der Waals surface area contributed by atoms with Crippen LogP contribution in [0.2, 0.25) is 0 Å². The molecule has 5 fully saturated rings. The van der Waals surface area contributed by atoms with Crippen molar-refractivity contribution in [1.29, 1.82) is 0 Å². The number of hydrogen-bond donors (Lipinski definition) is 0. The van der Waals surface area contributed by atoms with E-state index in [2.05, 4.69) is 66.9 Å². The van der Waals surface area contributed by atoms with Crippen LogP contribution in [0, 0.1) is 56.2 Å². The first kappa shape index (κ1) is 29.4. The van der Waals surface area contributed by atoms with E-state index >= 15 is 0 Å². The van der Waals surface area contributed by atoms with Crippen molar-refractivity contribution in [3.05, 3.63) is 36.6 Å². The highest BCUT2D eigenvalue weighted by atomic mass is 16.5. The minimum atomic E-state index is -0.608. The Morgan fingerprint density at radius 1 is 0.667 bits per heavy atom. The molecule has 0 saturated heterocycles. The first-order valence-electron chi connectivity index (χ1n) is 17.9.